The van der Waals surface area contributed by atoms with Crippen molar-refractivity contribution in [2.45, 2.75) is 56.7 Å². The summed E-state index contributed by atoms with van der Waals surface area (Å²) in [6.45, 7) is 2.98. The van der Waals surface area contributed by atoms with Crippen LogP contribution in [0.1, 0.15) is 60.5 Å². The molecule has 2 aromatic rings. The van der Waals surface area contributed by atoms with Gasteiger partial charge in [-0.05, 0) is 80.1 Å². The number of rotatable bonds is 7. The molecule has 1 aliphatic heterocycles. The van der Waals surface area contributed by atoms with Crippen molar-refractivity contribution in [3.8, 4) is 0 Å². The summed E-state index contributed by atoms with van der Waals surface area (Å²) in [6, 6.07) is 7.24. The number of hydrogen-bond donors (Lipinski definition) is 1. The van der Waals surface area contributed by atoms with Gasteiger partial charge in [-0.1, -0.05) is 12.1 Å². The molecule has 208 valence electrons. The van der Waals surface area contributed by atoms with Crippen molar-refractivity contribution in [2.75, 3.05) is 19.6 Å². The third kappa shape index (κ3) is 6.48. The SMILES string of the molecule is CC(OC1CCC(CN2CCC(C(=O)O)C2)C1c1ccc(F)cc1)c1cc(C(F)(F)F)cc(C(F)(F)F)c1. The fourth-order valence-electron chi connectivity index (χ4n) is 5.66. The Morgan fingerprint density at radius 3 is 2.13 bits per heavy atom. The average molecular weight is 548 g/mol. The zero-order valence-electron chi connectivity index (χ0n) is 20.5. The van der Waals surface area contributed by atoms with Gasteiger partial charge in [-0.3, -0.25) is 4.79 Å². The first-order chi connectivity index (χ1) is 17.7. The van der Waals surface area contributed by atoms with Gasteiger partial charge in [0.05, 0.1) is 29.3 Å². The molecule has 1 saturated carbocycles. The summed E-state index contributed by atoms with van der Waals surface area (Å²) in [5.74, 6) is -2.08. The first-order valence-corrected chi connectivity index (χ1v) is 12.4. The summed E-state index contributed by atoms with van der Waals surface area (Å²) >= 11 is 0. The van der Waals surface area contributed by atoms with Crippen LogP contribution in [0.15, 0.2) is 42.5 Å². The Hall–Kier alpha value is -2.66. The topological polar surface area (TPSA) is 49.8 Å². The lowest BCUT2D eigenvalue weighted by Crippen LogP contribution is -2.32. The van der Waals surface area contributed by atoms with Crippen LogP contribution in [-0.2, 0) is 21.9 Å². The highest BCUT2D eigenvalue weighted by atomic mass is 19.4. The summed E-state index contributed by atoms with van der Waals surface area (Å²) in [6.07, 6.45) is -9.86. The van der Waals surface area contributed by atoms with Crippen molar-refractivity contribution in [2.24, 2.45) is 11.8 Å². The van der Waals surface area contributed by atoms with Gasteiger partial charge in [-0.15, -0.1) is 0 Å². The smallest absolute Gasteiger partial charge is 0.416 e. The molecule has 0 aromatic heterocycles. The zero-order chi connectivity index (χ0) is 27.8. The van der Waals surface area contributed by atoms with E-state index in [1.165, 1.54) is 19.1 Å². The molecular weight excluding hydrogens is 519 g/mol. The number of carbonyl (C=O) groups is 1. The van der Waals surface area contributed by atoms with Gasteiger partial charge < -0.3 is 14.7 Å². The van der Waals surface area contributed by atoms with E-state index in [0.717, 1.165) is 5.56 Å². The molecule has 1 aliphatic carbocycles. The molecule has 4 nitrogen and oxygen atoms in total. The molecule has 0 spiro atoms. The second-order valence-electron chi connectivity index (χ2n) is 10.2. The van der Waals surface area contributed by atoms with E-state index in [2.05, 4.69) is 0 Å². The molecule has 1 saturated heterocycles. The molecule has 5 atom stereocenters. The zero-order valence-corrected chi connectivity index (χ0v) is 20.5. The standard InChI is InChI=1S/C27H28F7NO3/c1-15(19-10-20(26(29,30)31)12-21(11-19)27(32,33)34)38-23-7-4-17(13-35-9-8-18(14-35)25(36)37)24(23)16-2-5-22(28)6-3-16/h2-3,5-6,10-12,15,17-18,23-24H,4,7-9,13-14H2,1H3,(H,36,37). The normalized spacial score (nSPS) is 25.6. The van der Waals surface area contributed by atoms with Crippen LogP contribution < -0.4 is 0 Å². The van der Waals surface area contributed by atoms with Gasteiger partial charge in [-0.2, -0.15) is 26.3 Å². The summed E-state index contributed by atoms with van der Waals surface area (Å²) in [4.78, 5) is 13.4. The van der Waals surface area contributed by atoms with Crippen LogP contribution >= 0.6 is 0 Å². The van der Waals surface area contributed by atoms with Gasteiger partial charge in [0.2, 0.25) is 0 Å². The Morgan fingerprint density at radius 1 is 1.00 bits per heavy atom. The van der Waals surface area contributed by atoms with E-state index in [-0.39, 0.29) is 23.5 Å². The number of likely N-dealkylation sites (tertiary alicyclic amines) is 1. The first kappa shape index (κ1) is 28.4. The second kappa shape index (κ2) is 10.8. The minimum Gasteiger partial charge on any atom is -0.481 e. The Labute approximate surface area is 215 Å². The van der Waals surface area contributed by atoms with Gasteiger partial charge in [0.15, 0.2) is 0 Å². The predicted octanol–water partition coefficient (Wildman–Crippen LogP) is 6.91. The van der Waals surface area contributed by atoms with E-state index in [9.17, 15) is 40.6 Å². The molecule has 2 fully saturated rings. The molecule has 11 heteroatoms. The highest BCUT2D eigenvalue weighted by Crippen LogP contribution is 2.45. The molecule has 2 aromatic carbocycles. The molecule has 2 aliphatic rings. The number of hydrogen-bond acceptors (Lipinski definition) is 3. The molecule has 0 amide bonds. The fraction of sp³-hybridized carbons (Fsp3) is 0.519. The summed E-state index contributed by atoms with van der Waals surface area (Å²) in [7, 11) is 0. The van der Waals surface area contributed by atoms with Crippen molar-refractivity contribution in [3.05, 3.63) is 70.5 Å². The van der Waals surface area contributed by atoms with Crippen LogP contribution in [0.4, 0.5) is 30.7 Å². The lowest BCUT2D eigenvalue weighted by molar-refractivity contribution is -0.144. The highest BCUT2D eigenvalue weighted by molar-refractivity contribution is 5.70. The van der Waals surface area contributed by atoms with E-state index in [4.69, 9.17) is 4.74 Å². The summed E-state index contributed by atoms with van der Waals surface area (Å²) in [5.41, 5.74) is -2.30. The number of halogens is 7. The van der Waals surface area contributed by atoms with E-state index in [0.29, 0.717) is 51.0 Å². The Kier molecular flexibility index (Phi) is 8.09. The fourth-order valence-corrected chi connectivity index (χ4v) is 5.66. The molecule has 5 unspecified atom stereocenters. The average Bonchev–Trinajstić information content (AvgIpc) is 3.46. The van der Waals surface area contributed by atoms with Crippen LogP contribution in [0, 0.1) is 17.7 Å². The van der Waals surface area contributed by atoms with Crippen LogP contribution in [-0.4, -0.2) is 41.7 Å². The van der Waals surface area contributed by atoms with E-state index < -0.39 is 53.4 Å². The van der Waals surface area contributed by atoms with E-state index >= 15 is 0 Å². The van der Waals surface area contributed by atoms with Gasteiger partial charge in [0.1, 0.15) is 5.82 Å². The molecular formula is C27H28F7NO3. The quantitative estimate of drug-likeness (QED) is 0.383. The third-order valence-corrected chi connectivity index (χ3v) is 7.56. The number of alkyl halides is 6. The lowest BCUT2D eigenvalue weighted by atomic mass is 9.87. The Balaban J connectivity index is 1.58. The number of benzene rings is 2. The summed E-state index contributed by atoms with van der Waals surface area (Å²) < 4.78 is 100.0. The Bertz CT molecular complexity index is 1100. The maximum atomic E-state index is 13.6. The lowest BCUT2D eigenvalue weighted by Gasteiger charge is -2.30. The third-order valence-electron chi connectivity index (χ3n) is 7.56. The second-order valence-corrected chi connectivity index (χ2v) is 10.2. The van der Waals surface area contributed by atoms with Crippen LogP contribution in [0.3, 0.4) is 0 Å². The number of carboxylic acid groups (broad SMARTS) is 1. The van der Waals surface area contributed by atoms with Crippen LogP contribution in [0.5, 0.6) is 0 Å². The van der Waals surface area contributed by atoms with Crippen LogP contribution in [0.2, 0.25) is 0 Å². The molecule has 0 bridgehead atoms. The number of ether oxygens (including phenoxy) is 1. The van der Waals surface area contributed by atoms with Gasteiger partial charge in [-0.25, -0.2) is 4.39 Å². The maximum Gasteiger partial charge on any atom is 0.416 e. The molecule has 1 heterocycles. The largest absolute Gasteiger partial charge is 0.481 e. The van der Waals surface area contributed by atoms with Crippen molar-refractivity contribution < 1.29 is 45.4 Å². The minimum atomic E-state index is -4.96. The highest BCUT2D eigenvalue weighted by Gasteiger charge is 2.42. The monoisotopic (exact) mass is 547 g/mol. The molecule has 38 heavy (non-hydrogen) atoms. The number of nitrogens with zero attached hydrogens (tertiary/aromatic N) is 1. The molecule has 4 rings (SSSR count). The molecule has 1 N–H and O–H groups in total. The van der Waals surface area contributed by atoms with Gasteiger partial charge >= 0.3 is 18.3 Å². The van der Waals surface area contributed by atoms with Crippen molar-refractivity contribution >= 4 is 5.97 Å². The van der Waals surface area contributed by atoms with Crippen molar-refractivity contribution in [1.82, 2.24) is 4.90 Å². The number of aliphatic carboxylic acids is 1. The summed E-state index contributed by atoms with van der Waals surface area (Å²) in [5, 5.41) is 9.31. The van der Waals surface area contributed by atoms with Crippen molar-refractivity contribution in [3.63, 3.8) is 0 Å². The van der Waals surface area contributed by atoms with Gasteiger partial charge in [0, 0.05) is 19.0 Å². The van der Waals surface area contributed by atoms with Crippen LogP contribution in [0.25, 0.3) is 0 Å². The van der Waals surface area contributed by atoms with Crippen molar-refractivity contribution in [1.29, 1.82) is 0 Å². The van der Waals surface area contributed by atoms with Gasteiger partial charge in [0.25, 0.3) is 0 Å². The predicted molar refractivity (Wildman–Crippen MR) is 124 cm³/mol. The number of carboxylic acids is 1. The first-order valence-electron chi connectivity index (χ1n) is 12.4. The Morgan fingerprint density at radius 2 is 1.61 bits per heavy atom. The van der Waals surface area contributed by atoms with E-state index in [1.54, 1.807) is 12.1 Å². The molecule has 0 radical (unpaired) electrons. The minimum absolute atomic E-state index is 0.0162. The maximum absolute atomic E-state index is 13.6. The van der Waals surface area contributed by atoms with E-state index in [1.807, 2.05) is 4.90 Å².